The minimum Gasteiger partial charge on any atom is -0.506 e. The van der Waals surface area contributed by atoms with E-state index in [2.05, 4.69) is 127 Å². The largest absolute Gasteiger partial charge is 0.506 e. The topological polar surface area (TPSA) is 32.6 Å². The molecule has 0 aliphatic carbocycles. The average molecular weight is 657 g/mol. The van der Waals surface area contributed by atoms with E-state index in [1.807, 2.05) is 12.1 Å². The lowest BCUT2D eigenvalue weighted by atomic mass is 9.93. The summed E-state index contributed by atoms with van der Waals surface area (Å²) in [5, 5.41) is 10.6. The lowest BCUT2D eigenvalue weighted by molar-refractivity contribution is 0.470. The summed E-state index contributed by atoms with van der Waals surface area (Å²) in [6.07, 6.45) is 1.79. The highest BCUT2D eigenvalue weighted by Gasteiger charge is 2.13. The number of rotatable bonds is 4. The Hall–Kier alpha value is -2.19. The summed E-state index contributed by atoms with van der Waals surface area (Å²) >= 11 is 4.43. The summed E-state index contributed by atoms with van der Waals surface area (Å²) in [5.41, 5.74) is 11.0. The van der Waals surface area contributed by atoms with Gasteiger partial charge in [-0.15, -0.1) is 0 Å². The molecule has 0 spiro atoms. The van der Waals surface area contributed by atoms with Gasteiger partial charge in [-0.2, -0.15) is 0 Å². The maximum atomic E-state index is 10.6. The van der Waals surface area contributed by atoms with E-state index in [0.717, 1.165) is 35.1 Å². The number of halogens is 2. The molecule has 0 saturated carbocycles. The maximum absolute atomic E-state index is 10.6. The van der Waals surface area contributed by atoms with Gasteiger partial charge in [0, 0.05) is 26.5 Å². The molecule has 1 N–H and O–H groups in total. The van der Waals surface area contributed by atoms with Crippen LogP contribution in [0.3, 0.4) is 0 Å². The van der Waals surface area contributed by atoms with Crippen LogP contribution in [0.5, 0.6) is 5.75 Å². The molecule has 0 atom stereocenters. The lowest BCUT2D eigenvalue weighted by Crippen LogP contribution is -1.91. The van der Waals surface area contributed by atoms with Crippen molar-refractivity contribution in [2.75, 3.05) is 0 Å². The molecule has 0 aromatic heterocycles. The molecule has 2 nitrogen and oxygen atoms in total. The standard InChI is InChI=1S/C29H25I2NO/c1-17-8-18(2)11-21(10-17)25-6-5-7-26(22-12-19(3)9-20(4)13-22)28(25)32-16-23-14-24(30)15-27(31)29(23)33/h5-16,33H,1-4H3/b32-16+. The number of aryl methyl sites for hydroxylation is 4. The first-order chi connectivity index (χ1) is 15.7. The van der Waals surface area contributed by atoms with E-state index in [-0.39, 0.29) is 5.75 Å². The van der Waals surface area contributed by atoms with Crippen molar-refractivity contribution in [3.63, 3.8) is 0 Å². The fourth-order valence-corrected chi connectivity index (χ4v) is 6.12. The number of phenols is 1. The Balaban J connectivity index is 1.97. The van der Waals surface area contributed by atoms with Crippen molar-refractivity contribution in [2.45, 2.75) is 27.7 Å². The van der Waals surface area contributed by atoms with Gasteiger partial charge in [-0.25, -0.2) is 0 Å². The summed E-state index contributed by atoms with van der Waals surface area (Å²) in [5.74, 6) is 0.261. The van der Waals surface area contributed by atoms with Gasteiger partial charge in [0.15, 0.2) is 0 Å². The van der Waals surface area contributed by atoms with Crippen LogP contribution in [0.15, 0.2) is 71.7 Å². The summed E-state index contributed by atoms with van der Waals surface area (Å²) in [6.45, 7) is 8.50. The molecule has 33 heavy (non-hydrogen) atoms. The van der Waals surface area contributed by atoms with Crippen molar-refractivity contribution in [1.29, 1.82) is 0 Å². The second-order valence-corrected chi connectivity index (χ2v) is 10.9. The van der Waals surface area contributed by atoms with Crippen LogP contribution in [0.2, 0.25) is 0 Å². The van der Waals surface area contributed by atoms with Crippen molar-refractivity contribution >= 4 is 57.1 Å². The summed E-state index contributed by atoms with van der Waals surface area (Å²) in [6, 6.07) is 23.5. The van der Waals surface area contributed by atoms with Crippen molar-refractivity contribution in [1.82, 2.24) is 0 Å². The molecule has 4 aromatic rings. The Bertz CT molecular complexity index is 1280. The molecule has 0 aliphatic heterocycles. The number of phenolic OH excluding ortho intramolecular Hbond substituents is 1. The highest BCUT2D eigenvalue weighted by Crippen LogP contribution is 2.40. The molecule has 166 valence electrons. The molecular weight excluding hydrogens is 632 g/mol. The van der Waals surface area contributed by atoms with E-state index in [4.69, 9.17) is 4.99 Å². The van der Waals surface area contributed by atoms with Crippen LogP contribution < -0.4 is 0 Å². The number of aromatic hydroxyl groups is 1. The molecule has 0 aliphatic rings. The number of benzene rings is 4. The second-order valence-electron chi connectivity index (χ2n) is 8.54. The predicted octanol–water partition coefficient (Wildman–Crippen LogP) is 8.92. The molecule has 0 bridgehead atoms. The average Bonchev–Trinajstić information content (AvgIpc) is 2.73. The van der Waals surface area contributed by atoms with Crippen LogP contribution in [0.1, 0.15) is 27.8 Å². The lowest BCUT2D eigenvalue weighted by Gasteiger charge is -2.14. The van der Waals surface area contributed by atoms with Crippen LogP contribution in [0.25, 0.3) is 22.3 Å². The molecule has 0 radical (unpaired) electrons. The predicted molar refractivity (Wildman–Crippen MR) is 157 cm³/mol. The van der Waals surface area contributed by atoms with E-state index in [9.17, 15) is 5.11 Å². The fourth-order valence-electron chi connectivity index (χ4n) is 4.23. The number of para-hydroxylation sites is 1. The number of aliphatic imine (C=N–C) groups is 1. The Morgan fingerprint density at radius 1 is 0.697 bits per heavy atom. The highest BCUT2D eigenvalue weighted by molar-refractivity contribution is 14.1. The Labute approximate surface area is 223 Å². The zero-order valence-corrected chi connectivity index (χ0v) is 23.4. The molecular formula is C29H25I2NO. The van der Waals surface area contributed by atoms with Crippen molar-refractivity contribution in [2.24, 2.45) is 4.99 Å². The smallest absolute Gasteiger partial charge is 0.137 e. The van der Waals surface area contributed by atoms with E-state index >= 15 is 0 Å². The van der Waals surface area contributed by atoms with Gasteiger partial charge in [-0.3, -0.25) is 4.99 Å². The fraction of sp³-hybridized carbons (Fsp3) is 0.138. The van der Waals surface area contributed by atoms with Gasteiger partial charge < -0.3 is 5.11 Å². The van der Waals surface area contributed by atoms with Gasteiger partial charge in [0.25, 0.3) is 0 Å². The Morgan fingerprint density at radius 3 is 1.67 bits per heavy atom. The quantitative estimate of drug-likeness (QED) is 0.173. The second kappa shape index (κ2) is 9.97. The molecule has 4 rings (SSSR count). The zero-order chi connectivity index (χ0) is 23.7. The van der Waals surface area contributed by atoms with E-state index in [1.165, 1.54) is 22.3 Å². The SMILES string of the molecule is Cc1cc(C)cc(-c2cccc(-c3cc(C)cc(C)c3)c2/N=C/c2cc(I)cc(I)c2O)c1. The van der Waals surface area contributed by atoms with Gasteiger partial charge in [-0.1, -0.05) is 76.9 Å². The van der Waals surface area contributed by atoms with Gasteiger partial charge in [0.1, 0.15) is 5.75 Å². The van der Waals surface area contributed by atoms with Crippen LogP contribution in [-0.2, 0) is 0 Å². The van der Waals surface area contributed by atoms with E-state index in [1.54, 1.807) is 6.21 Å². The number of hydrogen-bond donors (Lipinski definition) is 1. The van der Waals surface area contributed by atoms with Crippen molar-refractivity contribution in [3.8, 4) is 28.0 Å². The first-order valence-corrected chi connectivity index (χ1v) is 12.9. The highest BCUT2D eigenvalue weighted by atomic mass is 127. The minimum atomic E-state index is 0.261. The monoisotopic (exact) mass is 657 g/mol. The molecule has 0 fully saturated rings. The number of nitrogens with zero attached hydrogens (tertiary/aromatic N) is 1. The summed E-state index contributed by atoms with van der Waals surface area (Å²) in [4.78, 5) is 5.00. The van der Waals surface area contributed by atoms with E-state index < -0.39 is 0 Å². The third-order valence-corrected chi connectivity index (χ3v) is 6.94. The first-order valence-electron chi connectivity index (χ1n) is 10.7. The van der Waals surface area contributed by atoms with Gasteiger partial charge in [0.05, 0.1) is 9.26 Å². The third-order valence-electron chi connectivity index (χ3n) is 5.49. The molecule has 0 amide bonds. The van der Waals surface area contributed by atoms with E-state index in [0.29, 0.717) is 5.56 Å². The molecule has 0 heterocycles. The summed E-state index contributed by atoms with van der Waals surface area (Å²) in [7, 11) is 0. The van der Waals surface area contributed by atoms with Gasteiger partial charge in [0.2, 0.25) is 0 Å². The Kier molecular flexibility index (Phi) is 7.24. The van der Waals surface area contributed by atoms with Gasteiger partial charge >= 0.3 is 0 Å². The van der Waals surface area contributed by atoms with Crippen LogP contribution in [0.4, 0.5) is 5.69 Å². The van der Waals surface area contributed by atoms with Crippen molar-refractivity contribution < 1.29 is 5.11 Å². The maximum Gasteiger partial charge on any atom is 0.137 e. The minimum absolute atomic E-state index is 0.261. The molecule has 4 aromatic carbocycles. The van der Waals surface area contributed by atoms with Crippen molar-refractivity contribution in [3.05, 3.63) is 102 Å². The Morgan fingerprint density at radius 2 is 1.18 bits per heavy atom. The first kappa shape index (κ1) is 24.0. The molecule has 4 heteroatoms. The normalized spacial score (nSPS) is 11.3. The summed E-state index contributed by atoms with van der Waals surface area (Å²) < 4.78 is 1.88. The zero-order valence-electron chi connectivity index (χ0n) is 19.1. The molecule has 0 unspecified atom stereocenters. The molecule has 0 saturated heterocycles. The van der Waals surface area contributed by atoms with Gasteiger partial charge in [-0.05, 0) is 96.1 Å². The van der Waals surface area contributed by atoms with Crippen LogP contribution >= 0.6 is 45.2 Å². The van der Waals surface area contributed by atoms with Crippen LogP contribution in [0, 0.1) is 34.8 Å². The third kappa shape index (κ3) is 5.49. The number of hydrogen-bond acceptors (Lipinski definition) is 2. The van der Waals surface area contributed by atoms with Crippen LogP contribution in [-0.4, -0.2) is 11.3 Å².